The van der Waals surface area contributed by atoms with E-state index in [0.29, 0.717) is 5.92 Å². The summed E-state index contributed by atoms with van der Waals surface area (Å²) in [5.41, 5.74) is 8.72. The Hall–Kier alpha value is -3.60. The fraction of sp³-hybridized carbons (Fsp3) is 0.297. The maximum atomic E-state index is 10.4. The number of aliphatic hydroxyl groups is 1. The number of aryl methyl sites for hydroxylation is 1. The first-order valence-electron chi connectivity index (χ1n) is 14.5. The molecule has 41 heavy (non-hydrogen) atoms. The molecule has 1 aliphatic carbocycles. The quantitative estimate of drug-likeness (QED) is 0.248. The monoisotopic (exact) mass is 543 g/mol. The summed E-state index contributed by atoms with van der Waals surface area (Å²) in [7, 11) is 1.70. The van der Waals surface area contributed by atoms with Crippen LogP contribution in [-0.4, -0.2) is 23.8 Å². The van der Waals surface area contributed by atoms with Crippen molar-refractivity contribution in [3.63, 3.8) is 0 Å². The van der Waals surface area contributed by atoms with Gasteiger partial charge in [-0.3, -0.25) is 0 Å². The highest BCUT2D eigenvalue weighted by atomic mass is 16.5. The minimum Gasteiger partial charge on any atom is -0.461 e. The van der Waals surface area contributed by atoms with Crippen LogP contribution in [0.2, 0.25) is 0 Å². The van der Waals surface area contributed by atoms with E-state index >= 15 is 0 Å². The fourth-order valence-corrected chi connectivity index (χ4v) is 5.17. The average molecular weight is 544 g/mol. The van der Waals surface area contributed by atoms with Gasteiger partial charge in [-0.05, 0) is 111 Å². The van der Waals surface area contributed by atoms with Crippen molar-refractivity contribution in [2.45, 2.75) is 72.0 Å². The Labute approximate surface area is 245 Å². The van der Waals surface area contributed by atoms with Crippen LogP contribution in [0.1, 0.15) is 75.5 Å². The number of hydrogen-bond acceptors (Lipinski definition) is 3. The van der Waals surface area contributed by atoms with Crippen molar-refractivity contribution >= 4 is 35.6 Å². The lowest BCUT2D eigenvalue weighted by molar-refractivity contribution is -0.0893. The molecule has 1 atom stereocenters. The predicted octanol–water partition coefficient (Wildman–Crippen LogP) is 8.55. The summed E-state index contributed by atoms with van der Waals surface area (Å²) in [6.07, 6.45) is 12.0. The van der Waals surface area contributed by atoms with E-state index in [4.69, 9.17) is 9.07 Å². The molecule has 1 radical (unpaired) electrons. The molecule has 1 N–H and O–H groups in total. The van der Waals surface area contributed by atoms with Crippen LogP contribution in [0.25, 0.3) is 33.7 Å². The van der Waals surface area contributed by atoms with Crippen LogP contribution in [0.4, 0.5) is 0 Å². The lowest BCUT2D eigenvalue weighted by Crippen LogP contribution is -2.49. The molecular weight excluding hydrogens is 503 g/mol. The third kappa shape index (κ3) is 6.05. The molecule has 4 heteroatoms. The minimum atomic E-state index is -0.980. The summed E-state index contributed by atoms with van der Waals surface area (Å²) >= 11 is 0. The van der Waals surface area contributed by atoms with Crippen LogP contribution in [-0.2, 0) is 11.1 Å². The van der Waals surface area contributed by atoms with Crippen LogP contribution in [0.15, 0.2) is 89.4 Å². The summed E-state index contributed by atoms with van der Waals surface area (Å²) < 4.78 is 12.2. The summed E-state index contributed by atoms with van der Waals surface area (Å²) in [6, 6.07) is 21.7. The number of benzene rings is 3. The van der Waals surface area contributed by atoms with E-state index in [-0.39, 0.29) is 0 Å². The zero-order valence-corrected chi connectivity index (χ0v) is 25.3. The van der Waals surface area contributed by atoms with Crippen molar-refractivity contribution in [2.75, 3.05) is 0 Å². The van der Waals surface area contributed by atoms with Crippen molar-refractivity contribution in [2.24, 2.45) is 0 Å². The molecule has 209 valence electrons. The number of fused-ring (bicyclic) bond motifs is 4. The van der Waals surface area contributed by atoms with Crippen molar-refractivity contribution < 1.29 is 14.2 Å². The molecule has 3 nitrogen and oxygen atoms in total. The molecule has 0 amide bonds. The lowest BCUT2D eigenvalue weighted by Gasteiger charge is -2.37. The summed E-state index contributed by atoms with van der Waals surface area (Å²) in [4.78, 5) is 0. The van der Waals surface area contributed by atoms with Gasteiger partial charge in [-0.1, -0.05) is 79.8 Å². The maximum Gasteiger partial charge on any atom is 0.331 e. The highest BCUT2D eigenvalue weighted by Gasteiger charge is 2.35. The van der Waals surface area contributed by atoms with E-state index in [2.05, 4.69) is 92.8 Å². The summed E-state index contributed by atoms with van der Waals surface area (Å²) in [6.45, 7) is 13.7. The predicted molar refractivity (Wildman–Crippen MR) is 174 cm³/mol. The summed E-state index contributed by atoms with van der Waals surface area (Å²) in [5, 5.41) is 11.5. The van der Waals surface area contributed by atoms with E-state index in [1.165, 1.54) is 33.4 Å². The van der Waals surface area contributed by atoms with Gasteiger partial charge < -0.3 is 14.2 Å². The Morgan fingerprint density at radius 2 is 1.78 bits per heavy atom. The molecule has 0 saturated heterocycles. The number of rotatable bonds is 6. The van der Waals surface area contributed by atoms with Crippen LogP contribution >= 0.6 is 0 Å². The molecule has 5 rings (SSSR count). The van der Waals surface area contributed by atoms with Crippen LogP contribution in [0.3, 0.4) is 0 Å². The highest BCUT2D eigenvalue weighted by molar-refractivity contribution is 6.47. The third-order valence-electron chi connectivity index (χ3n) is 8.55. The van der Waals surface area contributed by atoms with Gasteiger partial charge in [0.2, 0.25) is 0 Å². The fourth-order valence-electron chi connectivity index (χ4n) is 5.17. The van der Waals surface area contributed by atoms with Crippen molar-refractivity contribution in [3.05, 3.63) is 113 Å². The molecule has 0 bridgehead atoms. The zero-order valence-electron chi connectivity index (χ0n) is 25.3. The SMILES string of the molecule is C/C(=C\c1c(C)oc2cc([B]OC(C)(C)C(C)(C)O)ccc12)c1ccc2c(c1)-c1ccccc1[C@@H](C)/C=C\C=C/C2. The van der Waals surface area contributed by atoms with Crippen molar-refractivity contribution in [1.29, 1.82) is 0 Å². The average Bonchev–Trinajstić information content (AvgIpc) is 3.24. The second-order valence-corrected chi connectivity index (χ2v) is 12.2. The molecular formula is C37H40BO3. The van der Waals surface area contributed by atoms with Crippen LogP contribution in [0, 0.1) is 6.92 Å². The van der Waals surface area contributed by atoms with E-state index < -0.39 is 11.2 Å². The molecule has 4 aromatic rings. The van der Waals surface area contributed by atoms with E-state index in [0.717, 1.165) is 34.2 Å². The van der Waals surface area contributed by atoms with Gasteiger partial charge in [0, 0.05) is 10.9 Å². The molecule has 1 aromatic heterocycles. The maximum absolute atomic E-state index is 10.4. The Balaban J connectivity index is 1.49. The van der Waals surface area contributed by atoms with Gasteiger partial charge in [0.15, 0.2) is 0 Å². The molecule has 1 aliphatic rings. The molecule has 1 heterocycles. The molecule has 0 spiro atoms. The van der Waals surface area contributed by atoms with Crippen molar-refractivity contribution in [1.82, 2.24) is 0 Å². The first kappa shape index (κ1) is 28.9. The molecule has 0 fully saturated rings. The van der Waals surface area contributed by atoms with Gasteiger partial charge in [0.1, 0.15) is 11.3 Å². The van der Waals surface area contributed by atoms with Crippen LogP contribution < -0.4 is 5.46 Å². The Morgan fingerprint density at radius 1 is 1.00 bits per heavy atom. The molecule has 0 unspecified atom stereocenters. The van der Waals surface area contributed by atoms with Crippen LogP contribution in [0.5, 0.6) is 0 Å². The van der Waals surface area contributed by atoms with Gasteiger partial charge in [0.05, 0.1) is 11.2 Å². The smallest absolute Gasteiger partial charge is 0.331 e. The van der Waals surface area contributed by atoms with Gasteiger partial charge in [-0.15, -0.1) is 0 Å². The third-order valence-corrected chi connectivity index (χ3v) is 8.55. The highest BCUT2D eigenvalue weighted by Crippen LogP contribution is 2.36. The number of allylic oxidation sites excluding steroid dienone is 5. The van der Waals surface area contributed by atoms with Gasteiger partial charge >= 0.3 is 7.48 Å². The molecule has 0 saturated carbocycles. The Morgan fingerprint density at radius 3 is 2.56 bits per heavy atom. The van der Waals surface area contributed by atoms with E-state index in [1.807, 2.05) is 32.9 Å². The Kier molecular flexibility index (Phi) is 8.01. The number of furan rings is 1. The second-order valence-electron chi connectivity index (χ2n) is 12.2. The van der Waals surface area contributed by atoms with Gasteiger partial charge in [-0.25, -0.2) is 0 Å². The number of hydrogen-bond donors (Lipinski definition) is 1. The normalized spacial score (nSPS) is 17.6. The zero-order chi connectivity index (χ0) is 29.4. The van der Waals surface area contributed by atoms with E-state index in [9.17, 15) is 5.11 Å². The first-order valence-corrected chi connectivity index (χ1v) is 14.5. The molecule has 0 aliphatic heterocycles. The van der Waals surface area contributed by atoms with Gasteiger partial charge in [0.25, 0.3) is 0 Å². The minimum absolute atomic E-state index is 0.329. The summed E-state index contributed by atoms with van der Waals surface area (Å²) in [5.74, 6) is 1.21. The Bertz CT molecular complexity index is 1660. The first-order chi connectivity index (χ1) is 19.4. The standard InChI is InChI=1S/C37H40BO3/c1-24-13-9-8-10-14-27-17-18-28(22-34(27)31-16-12-11-15-30(24)31)25(2)21-33-26(3)40-35-23-29(19-20-32(33)35)38-41-37(6,7)36(4,5)39/h8-13,15-24,39H,14H2,1-7H3/b10-8-,13-9-,25-21+/t24-/m0/s1. The lowest BCUT2D eigenvalue weighted by atomic mass is 9.82. The van der Waals surface area contributed by atoms with E-state index in [1.54, 1.807) is 21.3 Å². The van der Waals surface area contributed by atoms with Gasteiger partial charge in [-0.2, -0.15) is 0 Å². The largest absolute Gasteiger partial charge is 0.461 e. The second kappa shape index (κ2) is 11.4. The topological polar surface area (TPSA) is 42.6 Å². The molecule has 3 aromatic carbocycles. The van der Waals surface area contributed by atoms with Crippen molar-refractivity contribution in [3.8, 4) is 11.1 Å².